The van der Waals surface area contributed by atoms with Gasteiger partial charge >= 0.3 is 0 Å². The molecular formula is C29H44O3. The zero-order valence-corrected chi connectivity index (χ0v) is 21.1. The second kappa shape index (κ2) is 7.73. The van der Waals surface area contributed by atoms with E-state index in [1.54, 1.807) is 0 Å². The molecule has 0 radical (unpaired) electrons. The molecule has 0 aromatic heterocycles. The maximum Gasteiger partial charge on any atom is 0.163 e. The molecule has 32 heavy (non-hydrogen) atoms. The lowest BCUT2D eigenvalue weighted by atomic mass is 9.52. The van der Waals surface area contributed by atoms with E-state index in [2.05, 4.69) is 47.6 Å². The summed E-state index contributed by atoms with van der Waals surface area (Å²) >= 11 is 0. The number of hydrogen-bond acceptors (Lipinski definition) is 3. The maximum absolute atomic E-state index is 10.00. The smallest absolute Gasteiger partial charge is 0.163 e. The third-order valence-corrected chi connectivity index (χ3v) is 9.74. The number of rotatable bonds is 4. The van der Waals surface area contributed by atoms with E-state index >= 15 is 0 Å². The number of fused-ring (bicyclic) bond motifs is 7. The van der Waals surface area contributed by atoms with Gasteiger partial charge in [0.05, 0.1) is 11.7 Å². The summed E-state index contributed by atoms with van der Waals surface area (Å²) in [7, 11) is 0. The molecule has 5 rings (SSSR count). The van der Waals surface area contributed by atoms with Crippen LogP contribution in [0.1, 0.15) is 104 Å². The first kappa shape index (κ1) is 22.7. The van der Waals surface area contributed by atoms with Crippen molar-refractivity contribution in [2.24, 2.45) is 29.1 Å². The molecule has 7 atom stereocenters. The minimum Gasteiger partial charge on any atom is -0.508 e. The second-order valence-electron chi connectivity index (χ2n) is 12.8. The largest absolute Gasteiger partial charge is 0.508 e. The van der Waals surface area contributed by atoms with Gasteiger partial charge in [-0.15, -0.1) is 0 Å². The van der Waals surface area contributed by atoms with E-state index in [4.69, 9.17) is 9.47 Å². The monoisotopic (exact) mass is 440 g/mol. The first-order valence-corrected chi connectivity index (χ1v) is 13.2. The Labute approximate surface area is 195 Å². The number of phenolic OH excluding ortho intramolecular Hbond substituents is 1. The van der Waals surface area contributed by atoms with Gasteiger partial charge in [0.25, 0.3) is 0 Å². The number of hydrogen-bond donors (Lipinski definition) is 1. The molecule has 0 unspecified atom stereocenters. The van der Waals surface area contributed by atoms with Gasteiger partial charge in [0.15, 0.2) is 5.79 Å². The second-order valence-corrected chi connectivity index (χ2v) is 12.8. The third kappa shape index (κ3) is 3.63. The highest BCUT2D eigenvalue weighted by Gasteiger charge is 2.66. The number of aryl methyl sites for hydroxylation is 1. The van der Waals surface area contributed by atoms with E-state index in [1.165, 1.54) is 49.7 Å². The Bertz CT molecular complexity index is 860. The molecule has 1 heterocycles. The van der Waals surface area contributed by atoms with Crippen LogP contribution in [0.5, 0.6) is 5.75 Å². The first-order valence-electron chi connectivity index (χ1n) is 13.2. The van der Waals surface area contributed by atoms with Crippen LogP contribution in [0.25, 0.3) is 0 Å². The first-order chi connectivity index (χ1) is 15.0. The van der Waals surface area contributed by atoms with Crippen LogP contribution in [-0.2, 0) is 15.9 Å². The molecule has 3 fully saturated rings. The van der Waals surface area contributed by atoms with Gasteiger partial charge in [-0.2, -0.15) is 0 Å². The van der Waals surface area contributed by atoms with Gasteiger partial charge in [-0.1, -0.05) is 39.7 Å². The number of phenols is 1. The molecule has 1 aliphatic heterocycles. The zero-order chi connectivity index (χ0) is 22.9. The Morgan fingerprint density at radius 1 is 1.12 bits per heavy atom. The summed E-state index contributed by atoms with van der Waals surface area (Å²) in [6, 6.07) is 6.12. The molecule has 178 valence electrons. The van der Waals surface area contributed by atoms with Gasteiger partial charge in [0.2, 0.25) is 0 Å². The predicted molar refractivity (Wildman–Crippen MR) is 129 cm³/mol. The Morgan fingerprint density at radius 3 is 2.66 bits per heavy atom. The van der Waals surface area contributed by atoms with E-state index in [0.717, 1.165) is 24.7 Å². The number of benzene rings is 1. The van der Waals surface area contributed by atoms with E-state index < -0.39 is 5.79 Å². The van der Waals surface area contributed by atoms with Crippen molar-refractivity contribution >= 4 is 0 Å². The topological polar surface area (TPSA) is 38.7 Å². The van der Waals surface area contributed by atoms with Crippen molar-refractivity contribution in [2.45, 2.75) is 116 Å². The minimum atomic E-state index is -0.506. The SMILES string of the molecule is CC(C)CCC[C@]1(C)OC(C)(C)O[C@H]2C[C@H]3[C@@H]4CCc5cc(O)ccc5[C@H]4CC[C@]3(C)[C@H]21. The van der Waals surface area contributed by atoms with Crippen LogP contribution in [0.4, 0.5) is 0 Å². The number of ether oxygens (including phenoxy) is 2. The van der Waals surface area contributed by atoms with Crippen molar-refractivity contribution in [2.75, 3.05) is 0 Å². The molecule has 2 saturated carbocycles. The van der Waals surface area contributed by atoms with Crippen molar-refractivity contribution in [1.29, 1.82) is 0 Å². The lowest BCUT2D eigenvalue weighted by molar-refractivity contribution is -0.358. The van der Waals surface area contributed by atoms with Crippen LogP contribution in [0, 0.1) is 29.1 Å². The summed E-state index contributed by atoms with van der Waals surface area (Å²) in [6.07, 6.45) is 9.98. The van der Waals surface area contributed by atoms with Crippen LogP contribution >= 0.6 is 0 Å². The highest BCUT2D eigenvalue weighted by Crippen LogP contribution is 2.68. The van der Waals surface area contributed by atoms with E-state index in [9.17, 15) is 5.11 Å². The Hall–Kier alpha value is -1.06. The summed E-state index contributed by atoms with van der Waals surface area (Å²) in [4.78, 5) is 0. The van der Waals surface area contributed by atoms with Gasteiger partial charge in [-0.05, 0) is 112 Å². The molecule has 4 aliphatic rings. The van der Waals surface area contributed by atoms with Crippen LogP contribution < -0.4 is 0 Å². The third-order valence-electron chi connectivity index (χ3n) is 9.74. The van der Waals surface area contributed by atoms with Crippen LogP contribution in [0.2, 0.25) is 0 Å². The van der Waals surface area contributed by atoms with E-state index in [-0.39, 0.29) is 11.0 Å². The standard InChI is InChI=1S/C29H44O3/c1-18(2)8-7-14-29(6)26-25(31-27(3,4)32-29)17-24-23-11-9-19-16-20(30)10-12-21(19)22(23)13-15-28(24,26)5/h10,12,16,18,22-26,30H,7-9,11,13-15,17H2,1-6H3/t22-,23-,24+,25+,26+,28+,29+/m1/s1. The average molecular weight is 441 g/mol. The quantitative estimate of drug-likeness (QED) is 0.537. The van der Waals surface area contributed by atoms with Gasteiger partial charge in [0, 0.05) is 5.92 Å². The van der Waals surface area contributed by atoms with E-state index in [1.807, 2.05) is 12.1 Å². The molecule has 3 nitrogen and oxygen atoms in total. The fourth-order valence-corrected chi connectivity index (χ4v) is 8.85. The fourth-order valence-electron chi connectivity index (χ4n) is 8.85. The van der Waals surface area contributed by atoms with Gasteiger partial charge in [0.1, 0.15) is 5.75 Å². The normalized spacial score (nSPS) is 42.2. The molecule has 1 aromatic rings. The van der Waals surface area contributed by atoms with Gasteiger partial charge in [-0.25, -0.2) is 0 Å². The molecule has 1 saturated heterocycles. The van der Waals surface area contributed by atoms with Crippen molar-refractivity contribution in [3.63, 3.8) is 0 Å². The fraction of sp³-hybridized carbons (Fsp3) is 0.793. The Balaban J connectivity index is 1.46. The predicted octanol–water partition coefficient (Wildman–Crippen LogP) is 7.21. The minimum absolute atomic E-state index is 0.115. The molecule has 0 bridgehead atoms. The summed E-state index contributed by atoms with van der Waals surface area (Å²) in [6.45, 7) is 13.9. The Morgan fingerprint density at radius 2 is 1.91 bits per heavy atom. The molecule has 3 aliphatic carbocycles. The lowest BCUT2D eigenvalue weighted by Crippen LogP contribution is -2.60. The summed E-state index contributed by atoms with van der Waals surface area (Å²) in [5.74, 6) is 3.18. The molecule has 0 amide bonds. The molecule has 1 aromatic carbocycles. The zero-order valence-electron chi connectivity index (χ0n) is 21.1. The summed E-state index contributed by atoms with van der Waals surface area (Å²) in [5.41, 5.74) is 3.05. The van der Waals surface area contributed by atoms with Crippen LogP contribution in [0.15, 0.2) is 18.2 Å². The molecular weight excluding hydrogens is 396 g/mol. The average Bonchev–Trinajstić information content (AvgIpc) is 2.98. The van der Waals surface area contributed by atoms with Crippen LogP contribution in [0.3, 0.4) is 0 Å². The molecule has 0 spiro atoms. The maximum atomic E-state index is 10.00. The highest BCUT2D eigenvalue weighted by atomic mass is 16.7. The molecule has 3 heteroatoms. The molecule has 1 N–H and O–H groups in total. The van der Waals surface area contributed by atoms with Crippen LogP contribution in [-0.4, -0.2) is 22.6 Å². The van der Waals surface area contributed by atoms with Crippen molar-refractivity contribution in [1.82, 2.24) is 0 Å². The highest BCUT2D eigenvalue weighted by molar-refractivity contribution is 5.40. The van der Waals surface area contributed by atoms with E-state index in [0.29, 0.717) is 29.6 Å². The van der Waals surface area contributed by atoms with Crippen molar-refractivity contribution in [3.8, 4) is 5.75 Å². The summed E-state index contributed by atoms with van der Waals surface area (Å²) < 4.78 is 13.5. The van der Waals surface area contributed by atoms with Crippen molar-refractivity contribution < 1.29 is 14.6 Å². The lowest BCUT2D eigenvalue weighted by Gasteiger charge is -2.57. The van der Waals surface area contributed by atoms with Gasteiger partial charge < -0.3 is 14.6 Å². The summed E-state index contributed by atoms with van der Waals surface area (Å²) in [5, 5.41) is 10.00. The number of aromatic hydroxyl groups is 1. The van der Waals surface area contributed by atoms with Gasteiger partial charge in [-0.3, -0.25) is 0 Å². The van der Waals surface area contributed by atoms with Crippen molar-refractivity contribution in [3.05, 3.63) is 29.3 Å². The Kier molecular flexibility index (Phi) is 5.49.